The molecule has 1 aromatic carbocycles. The van der Waals surface area contributed by atoms with Crippen molar-refractivity contribution in [3.63, 3.8) is 0 Å². The summed E-state index contributed by atoms with van der Waals surface area (Å²) >= 11 is 0. The van der Waals surface area contributed by atoms with Crippen molar-refractivity contribution in [3.8, 4) is 17.6 Å². The lowest BCUT2D eigenvalue weighted by Gasteiger charge is -2.12. The molecule has 0 bridgehead atoms. The van der Waals surface area contributed by atoms with Crippen LogP contribution in [0.5, 0.6) is 11.5 Å². The highest BCUT2D eigenvalue weighted by Gasteiger charge is 2.15. The zero-order valence-electron chi connectivity index (χ0n) is 11.7. The van der Waals surface area contributed by atoms with Crippen molar-refractivity contribution in [2.45, 2.75) is 6.61 Å². The van der Waals surface area contributed by atoms with Crippen molar-refractivity contribution in [1.29, 1.82) is 5.26 Å². The van der Waals surface area contributed by atoms with E-state index in [9.17, 15) is 14.0 Å². The number of nitrogens with zero attached hydrogens (tertiary/aromatic N) is 2. The van der Waals surface area contributed by atoms with E-state index in [2.05, 4.69) is 9.72 Å². The Kier molecular flexibility index (Phi) is 5.04. The van der Waals surface area contributed by atoms with Crippen molar-refractivity contribution in [1.82, 2.24) is 4.98 Å². The largest absolute Gasteiger partial charge is 0.493 e. The Morgan fingerprint density at radius 2 is 2.09 bits per heavy atom. The van der Waals surface area contributed by atoms with Gasteiger partial charge in [-0.25, -0.2) is 0 Å². The van der Waals surface area contributed by atoms with Crippen molar-refractivity contribution in [3.05, 3.63) is 53.9 Å². The molecule has 0 unspecified atom stereocenters. The molecule has 1 heterocycles. The van der Waals surface area contributed by atoms with E-state index in [1.807, 2.05) is 6.07 Å². The van der Waals surface area contributed by atoms with Crippen LogP contribution in [0.1, 0.15) is 11.3 Å². The van der Waals surface area contributed by atoms with Gasteiger partial charge in [0.05, 0.1) is 18.4 Å². The van der Waals surface area contributed by atoms with Gasteiger partial charge in [0, 0.05) is 11.8 Å². The van der Waals surface area contributed by atoms with Gasteiger partial charge in [0.2, 0.25) is 0 Å². The minimum atomic E-state index is -3.00. The summed E-state index contributed by atoms with van der Waals surface area (Å²) in [7, 11) is 1.35. The summed E-state index contributed by atoms with van der Waals surface area (Å²) in [4.78, 5) is 4.07. The molecule has 0 saturated heterocycles. The van der Waals surface area contributed by atoms with Gasteiger partial charge in [-0.15, -0.1) is 0 Å². The number of benzene rings is 1. The maximum Gasteiger partial charge on any atom is 0.387 e. The van der Waals surface area contributed by atoms with Crippen LogP contribution in [-0.4, -0.2) is 18.7 Å². The molecule has 0 aliphatic heterocycles. The fourth-order valence-electron chi connectivity index (χ4n) is 1.86. The topological polar surface area (TPSA) is 55.1 Å². The lowest BCUT2D eigenvalue weighted by Crippen LogP contribution is -2.05. The molecule has 1 aromatic heterocycles. The number of para-hydroxylation sites is 1. The molecule has 0 spiro atoms. The van der Waals surface area contributed by atoms with Crippen LogP contribution >= 0.6 is 0 Å². The molecule has 2 rings (SSSR count). The standard InChI is InChI=1S/C16H12F2N2O2/c1-21-14-7-4-5-11(15(14)22-16(17)18)9-12(10-19)13-6-2-3-8-20-13/h2-9,16H,1H3/b12-9-. The first-order valence-corrected chi connectivity index (χ1v) is 6.30. The summed E-state index contributed by atoms with van der Waals surface area (Å²) in [6.45, 7) is -3.00. The van der Waals surface area contributed by atoms with E-state index in [0.717, 1.165) is 0 Å². The maximum absolute atomic E-state index is 12.6. The molecule has 0 N–H and O–H groups in total. The lowest BCUT2D eigenvalue weighted by atomic mass is 10.1. The van der Waals surface area contributed by atoms with E-state index in [4.69, 9.17) is 4.74 Å². The Morgan fingerprint density at radius 1 is 1.27 bits per heavy atom. The van der Waals surface area contributed by atoms with Gasteiger partial charge in [0.1, 0.15) is 6.07 Å². The minimum absolute atomic E-state index is 0.122. The molecule has 6 heteroatoms. The van der Waals surface area contributed by atoms with E-state index in [0.29, 0.717) is 11.3 Å². The van der Waals surface area contributed by atoms with Crippen LogP contribution in [0.2, 0.25) is 0 Å². The van der Waals surface area contributed by atoms with E-state index < -0.39 is 6.61 Å². The fourth-order valence-corrected chi connectivity index (χ4v) is 1.86. The number of aromatic nitrogens is 1. The van der Waals surface area contributed by atoms with E-state index in [-0.39, 0.29) is 17.1 Å². The normalized spacial score (nSPS) is 11.1. The van der Waals surface area contributed by atoms with Crippen molar-refractivity contribution in [2.75, 3.05) is 7.11 Å². The summed E-state index contributed by atoms with van der Waals surface area (Å²) in [5, 5.41) is 9.26. The van der Waals surface area contributed by atoms with Gasteiger partial charge in [-0.3, -0.25) is 4.98 Å². The van der Waals surface area contributed by atoms with Gasteiger partial charge in [-0.1, -0.05) is 18.2 Å². The highest BCUT2D eigenvalue weighted by atomic mass is 19.3. The third-order valence-corrected chi connectivity index (χ3v) is 2.80. The second-order valence-electron chi connectivity index (χ2n) is 4.14. The molecule has 0 saturated carbocycles. The number of hydrogen-bond acceptors (Lipinski definition) is 4. The Bertz CT molecular complexity index is 710. The molecular formula is C16H12F2N2O2. The molecule has 112 valence electrons. The van der Waals surface area contributed by atoms with Gasteiger partial charge in [0.25, 0.3) is 0 Å². The van der Waals surface area contributed by atoms with Crippen LogP contribution in [0, 0.1) is 11.3 Å². The second kappa shape index (κ2) is 7.18. The summed E-state index contributed by atoms with van der Waals surface area (Å²) < 4.78 is 34.7. The van der Waals surface area contributed by atoms with E-state index >= 15 is 0 Å². The van der Waals surface area contributed by atoms with Gasteiger partial charge < -0.3 is 9.47 Å². The monoisotopic (exact) mass is 302 g/mol. The smallest absolute Gasteiger partial charge is 0.387 e. The number of ether oxygens (including phenoxy) is 2. The van der Waals surface area contributed by atoms with Gasteiger partial charge in [-0.2, -0.15) is 14.0 Å². The number of methoxy groups -OCH3 is 1. The summed E-state index contributed by atoms with van der Waals surface area (Å²) in [6.07, 6.45) is 2.98. The number of pyridine rings is 1. The fraction of sp³-hybridized carbons (Fsp3) is 0.125. The lowest BCUT2D eigenvalue weighted by molar-refractivity contribution is -0.0513. The molecule has 0 aliphatic rings. The average Bonchev–Trinajstić information content (AvgIpc) is 2.54. The van der Waals surface area contributed by atoms with Crippen LogP contribution in [0.3, 0.4) is 0 Å². The van der Waals surface area contributed by atoms with Crippen LogP contribution in [0.15, 0.2) is 42.6 Å². The second-order valence-corrected chi connectivity index (χ2v) is 4.14. The van der Waals surface area contributed by atoms with Crippen LogP contribution in [0.4, 0.5) is 8.78 Å². The quantitative estimate of drug-likeness (QED) is 0.789. The van der Waals surface area contributed by atoms with Crippen molar-refractivity contribution < 1.29 is 18.3 Å². The van der Waals surface area contributed by atoms with Gasteiger partial charge in [0.15, 0.2) is 11.5 Å². The predicted octanol–water partition coefficient (Wildman–Crippen LogP) is 3.76. The Hall–Kier alpha value is -2.94. The first-order chi connectivity index (χ1) is 10.7. The van der Waals surface area contributed by atoms with Crippen LogP contribution in [-0.2, 0) is 0 Å². The van der Waals surface area contributed by atoms with Gasteiger partial charge in [-0.05, 0) is 24.3 Å². The van der Waals surface area contributed by atoms with E-state index in [1.165, 1.54) is 19.3 Å². The maximum atomic E-state index is 12.6. The molecular weight excluding hydrogens is 290 g/mol. The molecule has 0 radical (unpaired) electrons. The molecule has 0 atom stereocenters. The summed E-state index contributed by atoms with van der Waals surface area (Å²) in [5.41, 5.74) is 0.977. The SMILES string of the molecule is COc1cccc(/C=C(/C#N)c2ccccn2)c1OC(F)F. The summed E-state index contributed by atoms with van der Waals surface area (Å²) in [5.74, 6) is 0.0380. The number of hydrogen-bond donors (Lipinski definition) is 0. The Balaban J connectivity index is 2.52. The molecule has 0 fully saturated rings. The minimum Gasteiger partial charge on any atom is -0.493 e. The number of halogens is 2. The van der Waals surface area contributed by atoms with Crippen LogP contribution < -0.4 is 9.47 Å². The highest BCUT2D eigenvalue weighted by molar-refractivity contribution is 5.89. The molecule has 2 aromatic rings. The first-order valence-electron chi connectivity index (χ1n) is 6.30. The Labute approximate surface area is 126 Å². The molecule has 22 heavy (non-hydrogen) atoms. The van der Waals surface area contributed by atoms with Crippen molar-refractivity contribution >= 4 is 11.6 Å². The molecule has 0 aliphatic carbocycles. The number of rotatable bonds is 5. The zero-order valence-corrected chi connectivity index (χ0v) is 11.7. The highest BCUT2D eigenvalue weighted by Crippen LogP contribution is 2.34. The third-order valence-electron chi connectivity index (χ3n) is 2.80. The molecule has 0 amide bonds. The molecule has 4 nitrogen and oxygen atoms in total. The average molecular weight is 302 g/mol. The van der Waals surface area contributed by atoms with Gasteiger partial charge >= 0.3 is 6.61 Å². The van der Waals surface area contributed by atoms with Crippen LogP contribution in [0.25, 0.3) is 11.6 Å². The third kappa shape index (κ3) is 3.58. The summed E-state index contributed by atoms with van der Waals surface area (Å²) in [6, 6.07) is 11.8. The number of alkyl halides is 2. The Morgan fingerprint density at radius 3 is 2.68 bits per heavy atom. The van der Waals surface area contributed by atoms with Crippen molar-refractivity contribution in [2.24, 2.45) is 0 Å². The number of allylic oxidation sites excluding steroid dienone is 1. The predicted molar refractivity (Wildman–Crippen MR) is 77.3 cm³/mol. The zero-order chi connectivity index (χ0) is 15.9. The first kappa shape index (κ1) is 15.4. The number of nitriles is 1. The van der Waals surface area contributed by atoms with E-state index in [1.54, 1.807) is 36.5 Å².